The molecule has 0 unspecified atom stereocenters. The number of rotatable bonds is 5. The topological polar surface area (TPSA) is 18.5 Å². The van der Waals surface area contributed by atoms with Crippen LogP contribution in [-0.4, -0.2) is 56.1 Å². The van der Waals surface area contributed by atoms with E-state index in [2.05, 4.69) is 38.1 Å². The third-order valence-electron chi connectivity index (χ3n) is 3.46. The molecule has 3 nitrogen and oxygen atoms in total. The second-order valence-corrected chi connectivity index (χ2v) is 5.92. The van der Waals surface area contributed by atoms with Crippen molar-refractivity contribution < 1.29 is 4.39 Å². The van der Waals surface area contributed by atoms with Gasteiger partial charge in [0.15, 0.2) is 0 Å². The summed E-state index contributed by atoms with van der Waals surface area (Å²) in [6, 6.07) is 4.89. The van der Waals surface area contributed by atoms with Crippen molar-refractivity contribution in [3.05, 3.63) is 34.1 Å². The van der Waals surface area contributed by atoms with Gasteiger partial charge in [0.25, 0.3) is 0 Å². The Balaban J connectivity index is 1.78. The van der Waals surface area contributed by atoms with E-state index in [0.717, 1.165) is 55.8 Å². The first-order chi connectivity index (χ1) is 9.15. The largest absolute Gasteiger partial charge is 0.314 e. The normalized spacial score (nSPS) is 17.1. The lowest BCUT2D eigenvalue weighted by Crippen LogP contribution is -2.45. The molecule has 19 heavy (non-hydrogen) atoms. The maximum atomic E-state index is 13.0. The van der Waals surface area contributed by atoms with Crippen LogP contribution in [0.5, 0.6) is 0 Å². The van der Waals surface area contributed by atoms with Crippen molar-refractivity contribution in [1.82, 2.24) is 15.1 Å². The minimum Gasteiger partial charge on any atom is -0.314 e. The number of piperazine rings is 1. The lowest BCUT2D eigenvalue weighted by Gasteiger charge is -2.29. The van der Waals surface area contributed by atoms with Crippen molar-refractivity contribution in [3.8, 4) is 0 Å². The van der Waals surface area contributed by atoms with Gasteiger partial charge in [0, 0.05) is 50.3 Å². The van der Waals surface area contributed by atoms with Crippen LogP contribution in [-0.2, 0) is 6.54 Å². The van der Waals surface area contributed by atoms with Crippen LogP contribution in [0.25, 0.3) is 0 Å². The zero-order chi connectivity index (χ0) is 13.7. The minimum atomic E-state index is -0.195. The Morgan fingerprint density at radius 3 is 2.79 bits per heavy atom. The second kappa shape index (κ2) is 7.33. The Kier molecular flexibility index (Phi) is 5.76. The van der Waals surface area contributed by atoms with E-state index >= 15 is 0 Å². The Morgan fingerprint density at radius 2 is 2.11 bits per heavy atom. The molecule has 1 fully saturated rings. The van der Waals surface area contributed by atoms with E-state index in [0.29, 0.717) is 0 Å². The molecule has 1 aromatic carbocycles. The molecule has 0 saturated carbocycles. The third-order valence-corrected chi connectivity index (χ3v) is 4.20. The summed E-state index contributed by atoms with van der Waals surface area (Å²) in [7, 11) is 2.11. The van der Waals surface area contributed by atoms with Gasteiger partial charge in [-0.3, -0.25) is 4.90 Å². The standard InChI is InChI=1S/C14H21BrFN3/c1-18(8-9-19-6-4-17-5-7-19)11-12-2-3-13(16)10-14(12)15/h2-3,10,17H,4-9,11H2,1H3. The summed E-state index contributed by atoms with van der Waals surface area (Å²) in [6.45, 7) is 7.41. The predicted molar refractivity (Wildman–Crippen MR) is 79.7 cm³/mol. The molecule has 0 bridgehead atoms. The summed E-state index contributed by atoms with van der Waals surface area (Å²) in [5.74, 6) is -0.195. The highest BCUT2D eigenvalue weighted by molar-refractivity contribution is 9.10. The maximum Gasteiger partial charge on any atom is 0.124 e. The molecule has 1 heterocycles. The molecule has 0 atom stereocenters. The first-order valence-corrected chi connectivity index (χ1v) is 7.50. The summed E-state index contributed by atoms with van der Waals surface area (Å²) < 4.78 is 13.9. The fraction of sp³-hybridized carbons (Fsp3) is 0.571. The highest BCUT2D eigenvalue weighted by Gasteiger charge is 2.11. The van der Waals surface area contributed by atoms with Crippen LogP contribution in [0.1, 0.15) is 5.56 Å². The lowest BCUT2D eigenvalue weighted by molar-refractivity contribution is 0.202. The van der Waals surface area contributed by atoms with Gasteiger partial charge in [-0.1, -0.05) is 22.0 Å². The van der Waals surface area contributed by atoms with Gasteiger partial charge in [-0.05, 0) is 24.7 Å². The van der Waals surface area contributed by atoms with E-state index < -0.39 is 0 Å². The van der Waals surface area contributed by atoms with Crippen LogP contribution in [0.4, 0.5) is 4.39 Å². The van der Waals surface area contributed by atoms with Crippen LogP contribution < -0.4 is 5.32 Å². The van der Waals surface area contributed by atoms with E-state index in [1.54, 1.807) is 0 Å². The molecular weight excluding hydrogens is 309 g/mol. The highest BCUT2D eigenvalue weighted by atomic mass is 79.9. The molecule has 1 aliphatic rings. The zero-order valence-electron chi connectivity index (χ0n) is 11.3. The number of nitrogens with one attached hydrogen (secondary N) is 1. The molecular formula is C14H21BrFN3. The van der Waals surface area contributed by atoms with Gasteiger partial charge in [-0.15, -0.1) is 0 Å². The van der Waals surface area contributed by atoms with Gasteiger partial charge < -0.3 is 10.2 Å². The van der Waals surface area contributed by atoms with Gasteiger partial charge in [0.1, 0.15) is 5.82 Å². The zero-order valence-corrected chi connectivity index (χ0v) is 12.9. The quantitative estimate of drug-likeness (QED) is 0.890. The average molecular weight is 330 g/mol. The average Bonchev–Trinajstić information content (AvgIpc) is 2.41. The minimum absolute atomic E-state index is 0.195. The molecule has 2 rings (SSSR count). The second-order valence-electron chi connectivity index (χ2n) is 5.07. The molecule has 5 heteroatoms. The van der Waals surface area contributed by atoms with Gasteiger partial charge in [0.05, 0.1) is 0 Å². The van der Waals surface area contributed by atoms with Crippen molar-refractivity contribution in [3.63, 3.8) is 0 Å². The van der Waals surface area contributed by atoms with Gasteiger partial charge >= 0.3 is 0 Å². The van der Waals surface area contributed by atoms with Crippen LogP contribution in [0.2, 0.25) is 0 Å². The monoisotopic (exact) mass is 329 g/mol. The molecule has 106 valence electrons. The van der Waals surface area contributed by atoms with Crippen molar-refractivity contribution in [1.29, 1.82) is 0 Å². The SMILES string of the molecule is CN(CCN1CCNCC1)Cc1ccc(F)cc1Br. The van der Waals surface area contributed by atoms with Crippen molar-refractivity contribution in [2.24, 2.45) is 0 Å². The van der Waals surface area contributed by atoms with Gasteiger partial charge in [-0.25, -0.2) is 4.39 Å². The Labute approximate surface area is 122 Å². The summed E-state index contributed by atoms with van der Waals surface area (Å²) in [5.41, 5.74) is 1.13. The van der Waals surface area contributed by atoms with Crippen LogP contribution in [0, 0.1) is 5.82 Å². The predicted octanol–water partition coefficient (Wildman–Crippen LogP) is 1.93. The van der Waals surface area contributed by atoms with E-state index in [-0.39, 0.29) is 5.82 Å². The third kappa shape index (κ3) is 4.84. The summed E-state index contributed by atoms with van der Waals surface area (Å²) in [5, 5.41) is 3.36. The molecule has 0 amide bonds. The molecule has 1 aromatic rings. The van der Waals surface area contributed by atoms with Crippen molar-refractivity contribution in [2.45, 2.75) is 6.54 Å². The smallest absolute Gasteiger partial charge is 0.124 e. The van der Waals surface area contributed by atoms with Crippen LogP contribution in [0.3, 0.4) is 0 Å². The van der Waals surface area contributed by atoms with Gasteiger partial charge in [-0.2, -0.15) is 0 Å². The Hall–Kier alpha value is -0.490. The maximum absolute atomic E-state index is 13.0. The fourth-order valence-electron chi connectivity index (χ4n) is 2.27. The van der Waals surface area contributed by atoms with E-state index in [1.807, 2.05) is 6.07 Å². The molecule has 0 radical (unpaired) electrons. The van der Waals surface area contributed by atoms with Crippen LogP contribution >= 0.6 is 15.9 Å². The first kappa shape index (κ1) is 14.9. The number of likely N-dealkylation sites (N-methyl/N-ethyl adjacent to an activating group) is 1. The number of hydrogen-bond donors (Lipinski definition) is 1. The highest BCUT2D eigenvalue weighted by Crippen LogP contribution is 2.19. The molecule has 0 aliphatic carbocycles. The Bertz CT molecular complexity index is 408. The summed E-state index contributed by atoms with van der Waals surface area (Å²) >= 11 is 3.42. The molecule has 0 aromatic heterocycles. The van der Waals surface area contributed by atoms with E-state index in [1.165, 1.54) is 12.1 Å². The summed E-state index contributed by atoms with van der Waals surface area (Å²) in [4.78, 5) is 4.76. The number of halogens is 2. The first-order valence-electron chi connectivity index (χ1n) is 6.71. The molecule has 1 aliphatic heterocycles. The van der Waals surface area contributed by atoms with E-state index in [4.69, 9.17) is 0 Å². The summed E-state index contributed by atoms with van der Waals surface area (Å²) in [6.07, 6.45) is 0. The lowest BCUT2D eigenvalue weighted by atomic mass is 10.2. The fourth-order valence-corrected chi connectivity index (χ4v) is 2.74. The number of hydrogen-bond acceptors (Lipinski definition) is 3. The van der Waals surface area contributed by atoms with E-state index in [9.17, 15) is 4.39 Å². The van der Waals surface area contributed by atoms with Crippen LogP contribution in [0.15, 0.2) is 22.7 Å². The molecule has 0 spiro atoms. The van der Waals surface area contributed by atoms with Crippen molar-refractivity contribution in [2.75, 3.05) is 46.3 Å². The number of benzene rings is 1. The van der Waals surface area contributed by atoms with Gasteiger partial charge in [0.2, 0.25) is 0 Å². The van der Waals surface area contributed by atoms with Crippen molar-refractivity contribution >= 4 is 15.9 Å². The Morgan fingerprint density at radius 1 is 1.37 bits per heavy atom. The molecule has 1 N–H and O–H groups in total. The number of nitrogens with zero attached hydrogens (tertiary/aromatic N) is 2. The molecule has 1 saturated heterocycles.